The monoisotopic (exact) mass is 344 g/mol. The molecule has 2 aromatic rings. The van der Waals surface area contributed by atoms with Gasteiger partial charge in [0.1, 0.15) is 10.6 Å². The second-order valence-corrected chi connectivity index (χ2v) is 6.57. The molecule has 0 saturated heterocycles. The summed E-state index contributed by atoms with van der Waals surface area (Å²) in [5.74, 6) is -1.02. The minimum absolute atomic E-state index is 0.0513. The maximum Gasteiger partial charge on any atom is 0.290 e. The number of likely N-dealkylation sites (N-methyl/N-ethyl adjacent to an activating group) is 1. The summed E-state index contributed by atoms with van der Waals surface area (Å²) < 4.78 is 1.36. The lowest BCUT2D eigenvalue weighted by Crippen LogP contribution is -2.31. The van der Waals surface area contributed by atoms with Gasteiger partial charge in [-0.05, 0) is 26.2 Å². The minimum atomic E-state index is -0.359. The van der Waals surface area contributed by atoms with Crippen LogP contribution in [0, 0.1) is 0 Å². The molecule has 0 atom stereocenters. The number of aromatic nitrogens is 2. The van der Waals surface area contributed by atoms with Gasteiger partial charge in [0.25, 0.3) is 5.91 Å². The summed E-state index contributed by atoms with van der Waals surface area (Å²) >= 11 is 0.952. The normalized spacial score (nSPS) is 13.9. The number of allylic oxidation sites excluding steroid dienone is 2. The first-order valence-electron chi connectivity index (χ1n) is 7.35. The van der Waals surface area contributed by atoms with Gasteiger partial charge in [0.15, 0.2) is 10.8 Å². The van der Waals surface area contributed by atoms with Gasteiger partial charge in [0.05, 0.1) is 5.70 Å². The molecule has 0 aromatic carbocycles. The van der Waals surface area contributed by atoms with E-state index in [4.69, 9.17) is 0 Å². The van der Waals surface area contributed by atoms with Crippen LogP contribution in [-0.4, -0.2) is 59.1 Å². The van der Waals surface area contributed by atoms with Crippen molar-refractivity contribution in [2.75, 3.05) is 27.2 Å². The summed E-state index contributed by atoms with van der Waals surface area (Å²) in [6.07, 6.45) is 4.47. The van der Waals surface area contributed by atoms with Crippen molar-refractivity contribution in [1.29, 1.82) is 0 Å². The molecule has 0 radical (unpaired) electrons. The van der Waals surface area contributed by atoms with E-state index in [-0.39, 0.29) is 38.7 Å². The van der Waals surface area contributed by atoms with E-state index in [9.17, 15) is 14.4 Å². The zero-order chi connectivity index (χ0) is 17.3. The van der Waals surface area contributed by atoms with Gasteiger partial charge in [-0.2, -0.15) is 0 Å². The highest BCUT2D eigenvalue weighted by Crippen LogP contribution is 2.26. The van der Waals surface area contributed by atoms with Gasteiger partial charge in [-0.1, -0.05) is 0 Å². The number of Topliss-reactive ketones (excluding diaryl/α,β-unsaturated/α-hetero) is 1. The molecule has 1 aliphatic carbocycles. The molecule has 24 heavy (non-hydrogen) atoms. The first-order chi connectivity index (χ1) is 11.5. The van der Waals surface area contributed by atoms with Crippen LogP contribution in [0.1, 0.15) is 30.0 Å². The summed E-state index contributed by atoms with van der Waals surface area (Å²) in [5.41, 5.74) is 0.273. The van der Waals surface area contributed by atoms with Crippen LogP contribution in [0.15, 0.2) is 36.3 Å². The summed E-state index contributed by atoms with van der Waals surface area (Å²) in [4.78, 5) is 43.3. The Labute approximate surface area is 142 Å². The quantitative estimate of drug-likeness (QED) is 0.873. The summed E-state index contributed by atoms with van der Waals surface area (Å²) in [6, 6.07) is 3.44. The molecule has 0 aliphatic heterocycles. The van der Waals surface area contributed by atoms with Crippen molar-refractivity contribution in [2.24, 2.45) is 0 Å². The Kier molecular flexibility index (Phi) is 4.41. The predicted molar refractivity (Wildman–Crippen MR) is 89.6 cm³/mol. The first kappa shape index (κ1) is 16.3. The third kappa shape index (κ3) is 3.06. The maximum atomic E-state index is 12.5. The fourth-order valence-corrected chi connectivity index (χ4v) is 3.17. The molecule has 7 nitrogen and oxygen atoms in total. The second-order valence-electron chi connectivity index (χ2n) is 5.57. The van der Waals surface area contributed by atoms with Crippen molar-refractivity contribution >= 4 is 28.8 Å². The number of nitrogens with one attached hydrogen (secondary N) is 1. The lowest BCUT2D eigenvalue weighted by molar-refractivity contribution is 0.0957. The zero-order valence-electron chi connectivity index (χ0n) is 13.3. The highest BCUT2D eigenvalue weighted by molar-refractivity contribution is 7.16. The van der Waals surface area contributed by atoms with Gasteiger partial charge in [-0.3, -0.25) is 19.0 Å². The highest BCUT2D eigenvalue weighted by Gasteiger charge is 2.31. The van der Waals surface area contributed by atoms with Gasteiger partial charge in [0.2, 0.25) is 5.78 Å². The Morgan fingerprint density at radius 2 is 2.00 bits per heavy atom. The number of carbonyl (C=O) groups excluding carboxylic acids is 3. The number of carbonyl (C=O) groups is 3. The summed E-state index contributed by atoms with van der Waals surface area (Å²) in [5, 5.41) is 3.09. The summed E-state index contributed by atoms with van der Waals surface area (Å²) in [7, 11) is 3.84. The molecule has 0 amide bonds. The van der Waals surface area contributed by atoms with Crippen molar-refractivity contribution in [3.8, 4) is 0 Å². The van der Waals surface area contributed by atoms with E-state index in [0.29, 0.717) is 6.54 Å². The molecule has 1 aliphatic rings. The van der Waals surface area contributed by atoms with Crippen LogP contribution in [-0.2, 0) is 0 Å². The zero-order valence-corrected chi connectivity index (χ0v) is 14.1. The largest absolute Gasteiger partial charge is 0.380 e. The van der Waals surface area contributed by atoms with Crippen molar-refractivity contribution < 1.29 is 14.4 Å². The van der Waals surface area contributed by atoms with Crippen molar-refractivity contribution in [2.45, 2.75) is 0 Å². The van der Waals surface area contributed by atoms with E-state index >= 15 is 0 Å². The Balaban J connectivity index is 1.83. The lowest BCUT2D eigenvalue weighted by Gasteiger charge is -2.15. The van der Waals surface area contributed by atoms with Gasteiger partial charge in [-0.25, -0.2) is 4.98 Å². The molecule has 124 valence electrons. The van der Waals surface area contributed by atoms with Gasteiger partial charge >= 0.3 is 0 Å². The van der Waals surface area contributed by atoms with E-state index in [1.165, 1.54) is 10.6 Å². The molecule has 0 bridgehead atoms. The fourth-order valence-electron chi connectivity index (χ4n) is 2.25. The van der Waals surface area contributed by atoms with E-state index in [2.05, 4.69) is 10.3 Å². The molecule has 8 heteroatoms. The number of thiazole rings is 1. The smallest absolute Gasteiger partial charge is 0.290 e. The number of ketones is 2. The van der Waals surface area contributed by atoms with Crippen LogP contribution in [0.25, 0.3) is 0 Å². The summed E-state index contributed by atoms with van der Waals surface area (Å²) in [6.45, 7) is 1.26. The molecule has 1 N–H and O–H groups in total. The van der Waals surface area contributed by atoms with E-state index < -0.39 is 0 Å². The molecule has 0 unspecified atom stereocenters. The molecule has 3 rings (SSSR count). The number of fused-ring (bicyclic) bond motifs is 1. The topological polar surface area (TPSA) is 84.3 Å². The number of hydrogen-bond donors (Lipinski definition) is 1. The molecule has 0 fully saturated rings. The van der Waals surface area contributed by atoms with Crippen LogP contribution >= 0.6 is 11.3 Å². The Hall–Kier alpha value is -2.58. The minimum Gasteiger partial charge on any atom is -0.380 e. The predicted octanol–water partition coefficient (Wildman–Crippen LogP) is 1.05. The third-order valence-electron chi connectivity index (χ3n) is 3.48. The molecule has 0 spiro atoms. The van der Waals surface area contributed by atoms with Gasteiger partial charge in [-0.15, -0.1) is 11.3 Å². The highest BCUT2D eigenvalue weighted by atomic mass is 32.1. The number of rotatable bonds is 5. The van der Waals surface area contributed by atoms with Crippen molar-refractivity contribution in [1.82, 2.24) is 19.8 Å². The average Bonchev–Trinajstić information content (AvgIpc) is 3.20. The SMILES string of the molecule is CN(C)CCNC1=CC(=O)c2sc(C(=O)n3cccc3)nc2C1=O. The van der Waals surface area contributed by atoms with E-state index in [0.717, 1.165) is 17.9 Å². The lowest BCUT2D eigenvalue weighted by atomic mass is 10.0. The second kappa shape index (κ2) is 6.50. The first-order valence-corrected chi connectivity index (χ1v) is 8.17. The van der Waals surface area contributed by atoms with Crippen LogP contribution in [0.4, 0.5) is 0 Å². The van der Waals surface area contributed by atoms with Crippen LogP contribution in [0.3, 0.4) is 0 Å². The molecular weight excluding hydrogens is 328 g/mol. The van der Waals surface area contributed by atoms with E-state index in [1.807, 2.05) is 19.0 Å². The Morgan fingerprint density at radius 3 is 2.67 bits per heavy atom. The van der Waals surface area contributed by atoms with Crippen LogP contribution < -0.4 is 5.32 Å². The van der Waals surface area contributed by atoms with Gasteiger partial charge in [0, 0.05) is 31.6 Å². The Morgan fingerprint density at radius 1 is 1.29 bits per heavy atom. The number of nitrogens with zero attached hydrogens (tertiary/aromatic N) is 3. The van der Waals surface area contributed by atoms with Gasteiger partial charge < -0.3 is 10.2 Å². The van der Waals surface area contributed by atoms with E-state index in [1.54, 1.807) is 24.5 Å². The van der Waals surface area contributed by atoms with Crippen molar-refractivity contribution in [3.05, 3.63) is 51.9 Å². The van der Waals surface area contributed by atoms with Crippen LogP contribution in [0.2, 0.25) is 0 Å². The average molecular weight is 344 g/mol. The fraction of sp³-hybridized carbons (Fsp3) is 0.250. The molecular formula is C16H16N4O3S. The number of hydrogen-bond acceptors (Lipinski definition) is 7. The van der Waals surface area contributed by atoms with Crippen LogP contribution in [0.5, 0.6) is 0 Å². The molecule has 2 aromatic heterocycles. The standard InChI is InChI=1S/C16H16N4O3S/c1-19(2)8-5-17-10-9-11(21)14-12(13(10)22)18-15(24-14)16(23)20-6-3-4-7-20/h3-4,6-7,9,17H,5,8H2,1-2H3. The Bertz CT molecular complexity index is 834. The molecule has 0 saturated carbocycles. The van der Waals surface area contributed by atoms with Crippen molar-refractivity contribution in [3.63, 3.8) is 0 Å². The third-order valence-corrected chi connectivity index (χ3v) is 4.54. The maximum absolute atomic E-state index is 12.5. The molecule has 2 heterocycles.